The molecule has 0 spiro atoms. The van der Waals surface area contributed by atoms with Gasteiger partial charge in [-0.25, -0.2) is 13.1 Å². The van der Waals surface area contributed by atoms with Gasteiger partial charge >= 0.3 is 0 Å². The van der Waals surface area contributed by atoms with Crippen LogP contribution in [0.4, 0.5) is 0 Å². The van der Waals surface area contributed by atoms with Gasteiger partial charge in [-0.05, 0) is 37.1 Å². The Morgan fingerprint density at radius 2 is 2.12 bits per heavy atom. The van der Waals surface area contributed by atoms with Gasteiger partial charge in [-0.3, -0.25) is 4.79 Å². The smallest absolute Gasteiger partial charge is 0.240 e. The summed E-state index contributed by atoms with van der Waals surface area (Å²) in [5, 5.41) is 5.96. The van der Waals surface area contributed by atoms with Crippen LogP contribution in [0.15, 0.2) is 23.1 Å². The molecule has 1 aromatic carbocycles. The van der Waals surface area contributed by atoms with Crippen molar-refractivity contribution in [1.29, 1.82) is 0 Å². The molecule has 0 radical (unpaired) electrons. The summed E-state index contributed by atoms with van der Waals surface area (Å²) in [6.45, 7) is 5.56. The van der Waals surface area contributed by atoms with Crippen molar-refractivity contribution in [2.75, 3.05) is 20.2 Å². The van der Waals surface area contributed by atoms with Crippen LogP contribution in [0.2, 0.25) is 0 Å². The van der Waals surface area contributed by atoms with Gasteiger partial charge in [0.1, 0.15) is 5.75 Å². The average molecular weight is 406 g/mol. The molecule has 1 aliphatic rings. The number of amides is 1. The number of ether oxygens (including phenoxy) is 1. The molecule has 0 aliphatic carbocycles. The van der Waals surface area contributed by atoms with Gasteiger partial charge in [0.05, 0.1) is 12.0 Å². The number of sulfonamides is 1. The predicted octanol–water partition coefficient (Wildman–Crippen LogP) is 1.42. The Bertz CT molecular complexity index is 712. The lowest BCUT2D eigenvalue weighted by Crippen LogP contribution is -2.50. The Hall–Kier alpha value is -1.35. The minimum absolute atomic E-state index is 0. The Balaban J connectivity index is 0.00000338. The first-order chi connectivity index (χ1) is 11.9. The molecule has 1 saturated heterocycles. The lowest BCUT2D eigenvalue weighted by atomic mass is 9.96. The third kappa shape index (κ3) is 5.84. The summed E-state index contributed by atoms with van der Waals surface area (Å²) in [6.07, 6.45) is 1.30. The maximum atomic E-state index is 12.7. The number of hydrogen-bond acceptors (Lipinski definition) is 5. The van der Waals surface area contributed by atoms with Crippen molar-refractivity contribution in [3.05, 3.63) is 23.8 Å². The number of halogens is 1. The lowest BCUT2D eigenvalue weighted by molar-refractivity contribution is -0.120. The van der Waals surface area contributed by atoms with Gasteiger partial charge in [-0.2, -0.15) is 0 Å². The largest absolute Gasteiger partial charge is 0.496 e. The third-order valence-corrected chi connectivity index (χ3v) is 5.98. The van der Waals surface area contributed by atoms with E-state index in [4.69, 9.17) is 4.74 Å². The highest BCUT2D eigenvalue weighted by Gasteiger charge is 2.27. The first-order valence-corrected chi connectivity index (χ1v) is 10.0. The van der Waals surface area contributed by atoms with E-state index in [1.165, 1.54) is 13.2 Å². The van der Waals surface area contributed by atoms with Crippen molar-refractivity contribution >= 4 is 28.3 Å². The maximum absolute atomic E-state index is 12.7. The zero-order valence-corrected chi connectivity index (χ0v) is 17.0. The first-order valence-electron chi connectivity index (χ1n) is 8.54. The van der Waals surface area contributed by atoms with Crippen LogP contribution in [0.1, 0.15) is 32.3 Å². The van der Waals surface area contributed by atoms with Crippen molar-refractivity contribution < 1.29 is 17.9 Å². The molecular weight excluding hydrogens is 378 g/mol. The molecule has 1 fully saturated rings. The second-order valence-electron chi connectivity index (χ2n) is 6.30. The molecule has 1 heterocycles. The van der Waals surface area contributed by atoms with Crippen molar-refractivity contribution in [2.24, 2.45) is 5.92 Å². The molecule has 2 rings (SSSR count). The number of piperidine rings is 1. The molecule has 0 saturated carbocycles. The van der Waals surface area contributed by atoms with Crippen LogP contribution in [0, 0.1) is 5.92 Å². The predicted molar refractivity (Wildman–Crippen MR) is 103 cm³/mol. The molecule has 1 aliphatic heterocycles. The minimum Gasteiger partial charge on any atom is -0.496 e. The zero-order valence-electron chi connectivity index (χ0n) is 15.4. The Kier molecular flexibility index (Phi) is 8.82. The third-order valence-electron chi connectivity index (χ3n) is 4.49. The molecule has 26 heavy (non-hydrogen) atoms. The van der Waals surface area contributed by atoms with Gasteiger partial charge in [0.15, 0.2) is 0 Å². The zero-order chi connectivity index (χ0) is 18.4. The summed E-state index contributed by atoms with van der Waals surface area (Å²) < 4.78 is 33.5. The van der Waals surface area contributed by atoms with E-state index < -0.39 is 10.0 Å². The van der Waals surface area contributed by atoms with Crippen LogP contribution in [-0.2, 0) is 21.4 Å². The van der Waals surface area contributed by atoms with Gasteiger partial charge in [-0.1, -0.05) is 13.8 Å². The molecule has 3 N–H and O–H groups in total. The second-order valence-corrected chi connectivity index (χ2v) is 8.02. The number of rotatable bonds is 7. The van der Waals surface area contributed by atoms with Gasteiger partial charge in [0.25, 0.3) is 0 Å². The number of methoxy groups -OCH3 is 1. The van der Waals surface area contributed by atoms with E-state index in [1.807, 2.05) is 6.92 Å². The molecule has 2 unspecified atom stereocenters. The highest BCUT2D eigenvalue weighted by atomic mass is 35.5. The minimum atomic E-state index is -3.64. The SMILES string of the molecule is CCC(=O)NCc1cc(S(=O)(=O)NC2CNCCC2C)ccc1OC.Cl. The molecule has 7 nitrogen and oxygen atoms in total. The van der Waals surface area contributed by atoms with E-state index >= 15 is 0 Å². The topological polar surface area (TPSA) is 96.5 Å². The fourth-order valence-corrected chi connectivity index (χ4v) is 4.19. The van der Waals surface area contributed by atoms with Crippen LogP contribution in [0.25, 0.3) is 0 Å². The van der Waals surface area contributed by atoms with Crippen molar-refractivity contribution in [3.63, 3.8) is 0 Å². The Labute approximate surface area is 161 Å². The van der Waals surface area contributed by atoms with Crippen molar-refractivity contribution in [2.45, 2.75) is 44.2 Å². The van der Waals surface area contributed by atoms with Crippen molar-refractivity contribution in [1.82, 2.24) is 15.4 Å². The Morgan fingerprint density at radius 1 is 1.38 bits per heavy atom. The lowest BCUT2D eigenvalue weighted by Gasteiger charge is -2.30. The van der Waals surface area contributed by atoms with Crippen LogP contribution in [0.3, 0.4) is 0 Å². The highest BCUT2D eigenvalue weighted by molar-refractivity contribution is 7.89. The van der Waals surface area contributed by atoms with Crippen LogP contribution < -0.4 is 20.1 Å². The standard InChI is InChI=1S/C17H27N3O4S.ClH/c1-4-17(21)19-10-13-9-14(5-6-16(13)24-3)25(22,23)20-15-11-18-8-7-12(15)2;/h5-6,9,12,15,18,20H,4,7-8,10-11H2,1-3H3,(H,19,21);1H. The van der Waals surface area contributed by atoms with E-state index in [9.17, 15) is 13.2 Å². The Morgan fingerprint density at radius 3 is 2.73 bits per heavy atom. The molecule has 9 heteroatoms. The van der Waals surface area contributed by atoms with E-state index in [1.54, 1.807) is 19.1 Å². The number of nitrogens with one attached hydrogen (secondary N) is 3. The second kappa shape index (κ2) is 10.1. The fourth-order valence-electron chi connectivity index (χ4n) is 2.79. The quantitative estimate of drug-likeness (QED) is 0.637. The van der Waals surface area contributed by atoms with Gasteiger partial charge < -0.3 is 15.4 Å². The fraction of sp³-hybridized carbons (Fsp3) is 0.588. The van der Waals surface area contributed by atoms with E-state index in [0.717, 1.165) is 13.0 Å². The summed E-state index contributed by atoms with van der Waals surface area (Å²) in [6, 6.07) is 4.56. The first kappa shape index (κ1) is 22.7. The van der Waals surface area contributed by atoms with E-state index in [0.29, 0.717) is 24.3 Å². The molecule has 0 bridgehead atoms. The van der Waals surface area contributed by atoms with E-state index in [-0.39, 0.29) is 41.7 Å². The number of carbonyl (C=O) groups is 1. The summed E-state index contributed by atoms with van der Waals surface area (Å²) in [5.41, 5.74) is 0.627. The molecule has 148 valence electrons. The monoisotopic (exact) mass is 405 g/mol. The molecule has 1 aromatic rings. The number of hydrogen-bond donors (Lipinski definition) is 3. The normalized spacial score (nSPS) is 20.1. The number of carbonyl (C=O) groups excluding carboxylic acids is 1. The summed E-state index contributed by atoms with van der Waals surface area (Å²) in [7, 11) is -2.13. The average Bonchev–Trinajstić information content (AvgIpc) is 2.61. The number of benzene rings is 1. The van der Waals surface area contributed by atoms with Crippen LogP contribution >= 0.6 is 12.4 Å². The van der Waals surface area contributed by atoms with E-state index in [2.05, 4.69) is 15.4 Å². The summed E-state index contributed by atoms with van der Waals surface area (Å²) in [4.78, 5) is 11.6. The molecule has 2 atom stereocenters. The van der Waals surface area contributed by atoms with Gasteiger partial charge in [-0.15, -0.1) is 12.4 Å². The highest BCUT2D eigenvalue weighted by Crippen LogP contribution is 2.23. The van der Waals surface area contributed by atoms with Crippen molar-refractivity contribution in [3.8, 4) is 5.75 Å². The molecule has 0 aromatic heterocycles. The van der Waals surface area contributed by atoms with Crippen LogP contribution in [0.5, 0.6) is 5.75 Å². The summed E-state index contributed by atoms with van der Waals surface area (Å²) >= 11 is 0. The molecular formula is C17H28ClN3O4S. The van der Waals surface area contributed by atoms with Gasteiger partial charge in [0.2, 0.25) is 15.9 Å². The summed E-state index contributed by atoms with van der Waals surface area (Å²) in [5.74, 6) is 0.719. The van der Waals surface area contributed by atoms with Crippen LogP contribution in [-0.4, -0.2) is 40.6 Å². The van der Waals surface area contributed by atoms with Gasteiger partial charge in [0, 0.05) is 31.1 Å². The maximum Gasteiger partial charge on any atom is 0.240 e. The molecule has 1 amide bonds.